The zero-order valence-electron chi connectivity index (χ0n) is 11.1. The van der Waals surface area contributed by atoms with E-state index in [1.807, 2.05) is 0 Å². The average molecular weight is 258 g/mol. The number of amides is 1. The molecule has 1 rings (SSSR count). The van der Waals surface area contributed by atoms with Crippen LogP contribution in [0, 0.1) is 0 Å². The van der Waals surface area contributed by atoms with Crippen molar-refractivity contribution in [2.45, 2.75) is 57.5 Å². The topological polar surface area (TPSA) is 41.1 Å². The molecule has 0 aromatic carbocycles. The van der Waals surface area contributed by atoms with Crippen molar-refractivity contribution >= 4 is 17.7 Å². The van der Waals surface area contributed by atoms with E-state index >= 15 is 0 Å². The van der Waals surface area contributed by atoms with Gasteiger partial charge < -0.3 is 10.6 Å². The molecular formula is C13H26N2OS. The molecule has 0 bridgehead atoms. The number of nitrogens with one attached hydrogen (secondary N) is 2. The third-order valence-electron chi connectivity index (χ3n) is 3.25. The first-order valence-electron chi connectivity index (χ1n) is 6.74. The Hall–Kier alpha value is -0.220. The van der Waals surface area contributed by atoms with Crippen molar-refractivity contribution in [1.29, 1.82) is 0 Å². The van der Waals surface area contributed by atoms with E-state index in [9.17, 15) is 4.79 Å². The van der Waals surface area contributed by atoms with Crippen molar-refractivity contribution < 1.29 is 4.79 Å². The maximum absolute atomic E-state index is 11.8. The first kappa shape index (κ1) is 14.8. The molecule has 0 radical (unpaired) electrons. The fourth-order valence-electron chi connectivity index (χ4n) is 2.28. The molecule has 1 fully saturated rings. The van der Waals surface area contributed by atoms with Gasteiger partial charge in [0, 0.05) is 17.8 Å². The van der Waals surface area contributed by atoms with Gasteiger partial charge in [-0.25, -0.2) is 0 Å². The van der Waals surface area contributed by atoms with Crippen LogP contribution in [0.4, 0.5) is 0 Å². The van der Waals surface area contributed by atoms with Crippen LogP contribution in [0.5, 0.6) is 0 Å². The van der Waals surface area contributed by atoms with Crippen LogP contribution in [0.3, 0.4) is 0 Å². The van der Waals surface area contributed by atoms with Crippen LogP contribution in [0.1, 0.15) is 45.4 Å². The molecule has 0 aromatic rings. The highest BCUT2D eigenvalue weighted by Crippen LogP contribution is 2.16. The van der Waals surface area contributed by atoms with E-state index in [2.05, 4.69) is 23.8 Å². The van der Waals surface area contributed by atoms with Gasteiger partial charge in [-0.15, -0.1) is 0 Å². The van der Waals surface area contributed by atoms with Crippen LogP contribution in [0.25, 0.3) is 0 Å². The summed E-state index contributed by atoms with van der Waals surface area (Å²) in [7, 11) is 0. The quantitative estimate of drug-likeness (QED) is 0.717. The van der Waals surface area contributed by atoms with Crippen LogP contribution in [-0.2, 0) is 4.79 Å². The monoisotopic (exact) mass is 258 g/mol. The maximum Gasteiger partial charge on any atom is 0.234 e. The van der Waals surface area contributed by atoms with Gasteiger partial charge >= 0.3 is 0 Å². The summed E-state index contributed by atoms with van der Waals surface area (Å²) in [5.74, 6) is 1.21. The molecule has 2 N–H and O–H groups in total. The summed E-state index contributed by atoms with van der Waals surface area (Å²) in [5.41, 5.74) is 0. The minimum atomic E-state index is 0.157. The second-order valence-electron chi connectivity index (χ2n) is 4.99. The van der Waals surface area contributed by atoms with Crippen LogP contribution in [0.2, 0.25) is 0 Å². The normalized spacial score (nSPS) is 19.6. The van der Waals surface area contributed by atoms with E-state index in [0.29, 0.717) is 18.6 Å². The molecule has 0 saturated heterocycles. The van der Waals surface area contributed by atoms with E-state index in [1.54, 1.807) is 11.8 Å². The maximum atomic E-state index is 11.8. The summed E-state index contributed by atoms with van der Waals surface area (Å²) in [6, 6.07) is 0.826. The Kier molecular flexibility index (Phi) is 7.69. The molecule has 1 saturated carbocycles. The lowest BCUT2D eigenvalue weighted by Gasteiger charge is -2.18. The molecule has 1 aliphatic carbocycles. The summed E-state index contributed by atoms with van der Waals surface area (Å²) in [6.07, 6.45) is 9.59. The lowest BCUT2D eigenvalue weighted by Crippen LogP contribution is -2.43. The number of thioether (sulfide) groups is 1. The molecule has 0 spiro atoms. The highest BCUT2D eigenvalue weighted by Gasteiger charge is 2.14. The van der Waals surface area contributed by atoms with Gasteiger partial charge in [-0.05, 0) is 26.0 Å². The molecule has 4 heteroatoms. The van der Waals surface area contributed by atoms with Gasteiger partial charge in [0.1, 0.15) is 0 Å². The molecule has 1 atom stereocenters. The summed E-state index contributed by atoms with van der Waals surface area (Å²) < 4.78 is 0. The second-order valence-corrected chi connectivity index (χ2v) is 5.90. The molecule has 0 heterocycles. The molecule has 3 nitrogen and oxygen atoms in total. The Morgan fingerprint density at radius 2 is 1.94 bits per heavy atom. The Balaban J connectivity index is 2.14. The van der Waals surface area contributed by atoms with Crippen molar-refractivity contribution in [3.8, 4) is 0 Å². The minimum absolute atomic E-state index is 0.157. The molecule has 0 aromatic heterocycles. The fourth-order valence-corrected chi connectivity index (χ4v) is 2.90. The lowest BCUT2D eigenvalue weighted by molar-refractivity contribution is -0.121. The van der Waals surface area contributed by atoms with E-state index in [-0.39, 0.29) is 5.91 Å². The molecule has 100 valence electrons. The zero-order valence-corrected chi connectivity index (χ0v) is 11.9. The van der Waals surface area contributed by atoms with Crippen molar-refractivity contribution in [1.82, 2.24) is 10.6 Å². The molecule has 0 aliphatic heterocycles. The Morgan fingerprint density at radius 3 is 2.53 bits per heavy atom. The van der Waals surface area contributed by atoms with Gasteiger partial charge in [0.25, 0.3) is 0 Å². The predicted molar refractivity (Wildman–Crippen MR) is 75.5 cm³/mol. The molecular weight excluding hydrogens is 232 g/mol. The highest BCUT2D eigenvalue weighted by molar-refractivity contribution is 7.98. The summed E-state index contributed by atoms with van der Waals surface area (Å²) in [4.78, 5) is 11.8. The van der Waals surface area contributed by atoms with Crippen molar-refractivity contribution in [2.24, 2.45) is 0 Å². The summed E-state index contributed by atoms with van der Waals surface area (Å²) in [5, 5.41) is 6.40. The second kappa shape index (κ2) is 8.81. The van der Waals surface area contributed by atoms with E-state index in [0.717, 1.165) is 18.6 Å². The predicted octanol–water partition coefficient (Wildman–Crippen LogP) is 2.17. The molecule has 17 heavy (non-hydrogen) atoms. The molecule has 1 unspecified atom stereocenters. The van der Waals surface area contributed by atoms with Crippen LogP contribution in [0.15, 0.2) is 0 Å². The third-order valence-corrected chi connectivity index (χ3v) is 4.08. The van der Waals surface area contributed by atoms with Crippen LogP contribution >= 0.6 is 11.8 Å². The Morgan fingerprint density at radius 1 is 1.29 bits per heavy atom. The van der Waals surface area contributed by atoms with Gasteiger partial charge in [-0.1, -0.05) is 25.7 Å². The number of hydrogen-bond acceptors (Lipinski definition) is 3. The first-order chi connectivity index (χ1) is 8.22. The number of carbonyl (C=O) groups excluding carboxylic acids is 1. The summed E-state index contributed by atoms with van der Waals surface area (Å²) >= 11 is 1.81. The van der Waals surface area contributed by atoms with E-state index in [1.165, 1.54) is 25.7 Å². The van der Waals surface area contributed by atoms with E-state index in [4.69, 9.17) is 0 Å². The molecule has 1 amide bonds. The smallest absolute Gasteiger partial charge is 0.234 e. The van der Waals surface area contributed by atoms with Crippen molar-refractivity contribution in [2.75, 3.05) is 18.6 Å². The average Bonchev–Trinajstić information content (AvgIpc) is 2.55. The number of carbonyl (C=O) groups is 1. The van der Waals surface area contributed by atoms with E-state index < -0.39 is 0 Å². The van der Waals surface area contributed by atoms with Gasteiger partial charge in [-0.2, -0.15) is 11.8 Å². The SMILES string of the molecule is CSCC(C)NCC(=O)NC1CCCCCC1. The van der Waals surface area contributed by atoms with Gasteiger partial charge in [0.15, 0.2) is 0 Å². The number of hydrogen-bond donors (Lipinski definition) is 2. The van der Waals surface area contributed by atoms with Gasteiger partial charge in [0.05, 0.1) is 6.54 Å². The number of rotatable bonds is 6. The Bertz CT molecular complexity index is 215. The Labute approximate surface area is 109 Å². The standard InChI is InChI=1S/C13H26N2OS/c1-11(10-17-2)14-9-13(16)15-12-7-5-3-4-6-8-12/h11-12,14H,3-10H2,1-2H3,(H,15,16). The van der Waals surface area contributed by atoms with Gasteiger partial charge in [0.2, 0.25) is 5.91 Å². The first-order valence-corrected chi connectivity index (χ1v) is 8.13. The fraction of sp³-hybridized carbons (Fsp3) is 0.923. The third kappa shape index (κ3) is 6.94. The largest absolute Gasteiger partial charge is 0.352 e. The highest BCUT2D eigenvalue weighted by atomic mass is 32.2. The zero-order chi connectivity index (χ0) is 12.5. The van der Waals surface area contributed by atoms with Crippen LogP contribution < -0.4 is 10.6 Å². The molecule has 1 aliphatic rings. The summed E-state index contributed by atoms with van der Waals surface area (Å²) in [6.45, 7) is 2.58. The van der Waals surface area contributed by atoms with Crippen molar-refractivity contribution in [3.05, 3.63) is 0 Å². The lowest BCUT2D eigenvalue weighted by atomic mass is 10.1. The van der Waals surface area contributed by atoms with Gasteiger partial charge in [-0.3, -0.25) is 4.79 Å². The minimum Gasteiger partial charge on any atom is -0.352 e. The van der Waals surface area contributed by atoms with Crippen molar-refractivity contribution in [3.63, 3.8) is 0 Å². The van der Waals surface area contributed by atoms with Crippen LogP contribution in [-0.4, -0.2) is 36.5 Å².